The van der Waals surface area contributed by atoms with Crippen molar-refractivity contribution in [1.82, 2.24) is 0 Å². The first-order valence-corrected chi connectivity index (χ1v) is 16.7. The van der Waals surface area contributed by atoms with Gasteiger partial charge in [-0.05, 0) is 168 Å². The summed E-state index contributed by atoms with van der Waals surface area (Å²) in [7, 11) is -4.41. The lowest BCUT2D eigenvalue weighted by atomic mass is 9.79. The Bertz CT molecular complexity index is 1250. The van der Waals surface area contributed by atoms with Crippen LogP contribution in [-0.2, 0) is 19.7 Å². The normalized spacial score (nSPS) is 23.7. The molecular weight excluding hydrogens is 1030 g/mol. The maximum atomic E-state index is 13.3. The van der Waals surface area contributed by atoms with Crippen LogP contribution in [0.1, 0.15) is 19.3 Å². The predicted molar refractivity (Wildman–Crippen MR) is 165 cm³/mol. The van der Waals surface area contributed by atoms with Gasteiger partial charge in [-0.3, -0.25) is 14.1 Å². The van der Waals surface area contributed by atoms with Gasteiger partial charge in [-0.15, -0.1) is 0 Å². The quantitative estimate of drug-likeness (QED) is 0.167. The van der Waals surface area contributed by atoms with Crippen molar-refractivity contribution in [1.29, 1.82) is 0 Å². The van der Waals surface area contributed by atoms with Crippen molar-refractivity contribution in [3.05, 3.63) is 42.1 Å². The molecule has 1 N–H and O–H groups in total. The van der Waals surface area contributed by atoms with Crippen LogP contribution < -0.4 is 9.47 Å². The fraction of sp³-hybridized carbons (Fsp3) is 0.333. The minimum absolute atomic E-state index is 0.0418. The Morgan fingerprint density at radius 1 is 0.794 bits per heavy atom. The number of carbonyl (C=O) groups excluding carboxylic acids is 2. The summed E-state index contributed by atoms with van der Waals surface area (Å²) in [6, 6.07) is 6.64. The molecule has 0 heterocycles. The van der Waals surface area contributed by atoms with Crippen LogP contribution in [0.3, 0.4) is 0 Å². The van der Waals surface area contributed by atoms with Crippen molar-refractivity contribution < 1.29 is 32.0 Å². The summed E-state index contributed by atoms with van der Waals surface area (Å²) >= 11 is 10.0. The molecule has 2 bridgehead atoms. The minimum Gasteiger partial charge on any atom is -0.426 e. The average Bonchev–Trinajstić information content (AvgIpc) is 3.30. The molecule has 0 aliphatic heterocycles. The molecule has 13 heteroatoms. The number of halogens is 5. The van der Waals surface area contributed by atoms with E-state index in [1.807, 2.05) is 12.1 Å². The molecule has 0 spiro atoms. The molecule has 0 saturated heterocycles. The molecule has 2 saturated carbocycles. The van der Waals surface area contributed by atoms with Gasteiger partial charge in [-0.1, -0.05) is 0 Å². The molecule has 0 aromatic heterocycles. The first kappa shape index (κ1) is 28.0. The van der Waals surface area contributed by atoms with Gasteiger partial charge < -0.3 is 9.47 Å². The smallest absolute Gasteiger partial charge is 0.315 e. The second-order valence-corrected chi connectivity index (χ2v) is 15.4. The maximum absolute atomic E-state index is 13.3. The Balaban J connectivity index is 1.57. The second-order valence-electron chi connectivity index (χ2n) is 8.12. The van der Waals surface area contributed by atoms with Crippen molar-refractivity contribution in [2.45, 2.75) is 24.2 Å². The van der Waals surface area contributed by atoms with Crippen LogP contribution in [0.5, 0.6) is 11.5 Å². The first-order chi connectivity index (χ1) is 15.9. The lowest BCUT2D eigenvalue weighted by molar-refractivity contribution is -0.153. The SMILES string of the molecule is O=C(Oc1cc(I)c(S(=O)(=O)O)c(I)c1)C1C2CCC(C2)C1C(=O)Oc1c(I)cc(I)cc1I. The zero-order valence-corrected chi connectivity index (χ0v) is 28.5. The van der Waals surface area contributed by atoms with E-state index in [1.54, 1.807) is 45.2 Å². The summed E-state index contributed by atoms with van der Waals surface area (Å²) in [5.74, 6) is -1.37. The highest BCUT2D eigenvalue weighted by Crippen LogP contribution is 2.53. The molecule has 2 aliphatic carbocycles. The van der Waals surface area contributed by atoms with Crippen LogP contribution in [-0.4, -0.2) is 24.9 Å². The van der Waals surface area contributed by atoms with Gasteiger partial charge in [0.15, 0.2) is 5.75 Å². The number of esters is 2. The number of ether oxygens (including phenoxy) is 2. The zero-order chi connectivity index (χ0) is 24.9. The van der Waals surface area contributed by atoms with E-state index in [4.69, 9.17) is 9.47 Å². The predicted octanol–water partition coefficient (Wildman–Crippen LogP) is 6.13. The average molecular weight is 1050 g/mol. The summed E-state index contributed by atoms with van der Waals surface area (Å²) in [5.41, 5.74) is 0. The molecule has 4 rings (SSSR count). The van der Waals surface area contributed by atoms with Gasteiger partial charge in [0.1, 0.15) is 10.6 Å². The topological polar surface area (TPSA) is 107 Å². The Morgan fingerprint density at radius 2 is 1.26 bits per heavy atom. The monoisotopic (exact) mass is 1050 g/mol. The fourth-order valence-corrected chi connectivity index (χ4v) is 12.6. The molecular formula is C21H15I5O7S. The minimum atomic E-state index is -4.41. The molecule has 0 amide bonds. The van der Waals surface area contributed by atoms with Gasteiger partial charge in [0.25, 0.3) is 10.1 Å². The van der Waals surface area contributed by atoms with Gasteiger partial charge in [-0.2, -0.15) is 8.42 Å². The summed E-state index contributed by atoms with van der Waals surface area (Å²) < 4.78 is 47.3. The van der Waals surface area contributed by atoms with Gasteiger partial charge in [0.05, 0.1) is 19.0 Å². The Labute approximate surface area is 264 Å². The van der Waals surface area contributed by atoms with E-state index in [1.165, 1.54) is 12.1 Å². The lowest BCUT2D eigenvalue weighted by Gasteiger charge is -2.28. The molecule has 2 fully saturated rings. The lowest BCUT2D eigenvalue weighted by Crippen LogP contribution is -2.39. The summed E-state index contributed by atoms with van der Waals surface area (Å²) in [5, 5.41) is 0. The summed E-state index contributed by atoms with van der Waals surface area (Å²) in [4.78, 5) is 26.3. The number of hydrogen-bond acceptors (Lipinski definition) is 6. The Hall–Kier alpha value is 0.940. The number of fused-ring (bicyclic) bond motifs is 2. The molecule has 7 nitrogen and oxygen atoms in total. The third-order valence-electron chi connectivity index (χ3n) is 6.07. The van der Waals surface area contributed by atoms with Gasteiger partial charge in [0, 0.05) is 10.7 Å². The van der Waals surface area contributed by atoms with E-state index in [2.05, 4.69) is 67.8 Å². The van der Waals surface area contributed by atoms with Gasteiger partial charge in [0.2, 0.25) is 0 Å². The highest BCUT2D eigenvalue weighted by Gasteiger charge is 2.55. The largest absolute Gasteiger partial charge is 0.426 e. The molecule has 34 heavy (non-hydrogen) atoms. The first-order valence-electron chi connectivity index (χ1n) is 9.91. The Kier molecular flexibility index (Phi) is 9.02. The third-order valence-corrected chi connectivity index (χ3v) is 11.7. The van der Waals surface area contributed by atoms with Gasteiger partial charge in [-0.25, -0.2) is 0 Å². The number of rotatable bonds is 5. The molecule has 2 aromatic carbocycles. The zero-order valence-electron chi connectivity index (χ0n) is 16.9. The Morgan fingerprint density at radius 3 is 1.74 bits per heavy atom. The van der Waals surface area contributed by atoms with Crippen LogP contribution in [0.25, 0.3) is 0 Å². The number of benzene rings is 2. The summed E-state index contributed by atoms with van der Waals surface area (Å²) in [6.45, 7) is 0. The van der Waals surface area contributed by atoms with Crippen molar-refractivity contribution in [3.63, 3.8) is 0 Å². The van der Waals surface area contributed by atoms with Gasteiger partial charge >= 0.3 is 11.9 Å². The fourth-order valence-electron chi connectivity index (χ4n) is 4.79. The molecule has 4 atom stereocenters. The van der Waals surface area contributed by atoms with Crippen LogP contribution in [0.2, 0.25) is 0 Å². The maximum Gasteiger partial charge on any atom is 0.315 e. The van der Waals surface area contributed by atoms with E-state index in [0.29, 0.717) is 5.75 Å². The second kappa shape index (κ2) is 11.0. The van der Waals surface area contributed by atoms with E-state index in [9.17, 15) is 22.6 Å². The number of hydrogen-bond donors (Lipinski definition) is 1. The summed E-state index contributed by atoms with van der Waals surface area (Å²) in [6.07, 6.45) is 2.49. The van der Waals surface area contributed by atoms with E-state index in [0.717, 1.165) is 30.0 Å². The highest BCUT2D eigenvalue weighted by molar-refractivity contribution is 14.1. The standard InChI is InChI=1S/C21H15I5O7S/c22-10-4-12(23)18(13(24)5-10)33-21(28)17-9-2-1-8(3-9)16(17)20(27)32-11-6-14(25)19(15(26)7-11)34(29,30)31/h4-9,16-17H,1-3H2,(H,29,30,31). The molecule has 2 aliphatic rings. The van der Waals surface area contributed by atoms with Crippen LogP contribution in [0.4, 0.5) is 0 Å². The van der Waals surface area contributed by atoms with Crippen molar-refractivity contribution >= 4 is 135 Å². The van der Waals surface area contributed by atoms with Crippen molar-refractivity contribution in [3.8, 4) is 11.5 Å². The molecule has 4 unspecified atom stereocenters. The van der Waals surface area contributed by atoms with E-state index < -0.39 is 33.9 Å². The van der Waals surface area contributed by atoms with E-state index >= 15 is 0 Å². The number of carbonyl (C=O) groups is 2. The van der Waals surface area contributed by atoms with Crippen LogP contribution in [0, 0.1) is 41.5 Å². The van der Waals surface area contributed by atoms with Crippen LogP contribution in [0.15, 0.2) is 29.2 Å². The molecule has 182 valence electrons. The molecule has 2 aromatic rings. The van der Waals surface area contributed by atoms with Crippen molar-refractivity contribution in [2.75, 3.05) is 0 Å². The van der Waals surface area contributed by atoms with Crippen LogP contribution >= 0.6 is 113 Å². The molecule has 0 radical (unpaired) electrons. The highest BCUT2D eigenvalue weighted by atomic mass is 127. The van der Waals surface area contributed by atoms with E-state index in [-0.39, 0.29) is 29.6 Å². The van der Waals surface area contributed by atoms with Crippen molar-refractivity contribution in [2.24, 2.45) is 23.7 Å². The third kappa shape index (κ3) is 5.83.